The molecule has 25 heavy (non-hydrogen) atoms. The van der Waals surface area contributed by atoms with Gasteiger partial charge < -0.3 is 9.88 Å². The monoisotopic (exact) mass is 359 g/mol. The van der Waals surface area contributed by atoms with Crippen molar-refractivity contribution in [3.05, 3.63) is 41.6 Å². The Morgan fingerprint density at radius 2 is 2.12 bits per heavy atom. The number of benzene rings is 1. The minimum absolute atomic E-state index is 0.365. The molecule has 1 amide bonds. The molecule has 1 aliphatic carbocycles. The minimum atomic E-state index is -3.53. The number of aromatic nitrogens is 1. The Hall–Kier alpha value is -2.12. The first-order chi connectivity index (χ1) is 12.0. The smallest absolute Gasteiger partial charge is 0.264 e. The summed E-state index contributed by atoms with van der Waals surface area (Å²) in [7, 11) is -1.59. The summed E-state index contributed by atoms with van der Waals surface area (Å²) >= 11 is 0. The molecule has 2 N–H and O–H groups in total. The zero-order chi connectivity index (χ0) is 17.6. The average Bonchev–Trinajstić information content (AvgIpc) is 3.41. The average molecular weight is 359 g/mol. The number of hydrogen-bond acceptors (Lipinski definition) is 4. The number of carbonyl (C=O) groups is 1. The van der Waals surface area contributed by atoms with Gasteiger partial charge in [0.05, 0.1) is 5.25 Å². The first-order valence-electron chi connectivity index (χ1n) is 8.51. The number of amides is 1. The SMILES string of the molecule is Cn1cc(C2=CCNCC2)c2ccc(C(=O)NS(=O)(=O)C3CC3)cc21. The van der Waals surface area contributed by atoms with E-state index < -0.39 is 21.2 Å². The zero-order valence-electron chi connectivity index (χ0n) is 14.1. The summed E-state index contributed by atoms with van der Waals surface area (Å²) < 4.78 is 28.1. The van der Waals surface area contributed by atoms with Crippen LogP contribution in [0.25, 0.3) is 16.5 Å². The lowest BCUT2D eigenvalue weighted by Crippen LogP contribution is -2.33. The predicted octanol–water partition coefficient (Wildman–Crippen LogP) is 1.78. The van der Waals surface area contributed by atoms with Gasteiger partial charge in [0.15, 0.2) is 0 Å². The van der Waals surface area contributed by atoms with Gasteiger partial charge in [-0.3, -0.25) is 4.79 Å². The maximum Gasteiger partial charge on any atom is 0.264 e. The van der Waals surface area contributed by atoms with Crippen LogP contribution >= 0.6 is 0 Å². The number of rotatable bonds is 4. The fraction of sp³-hybridized carbons (Fsp3) is 0.389. The molecule has 1 aliphatic heterocycles. The van der Waals surface area contributed by atoms with Gasteiger partial charge in [-0.15, -0.1) is 0 Å². The first-order valence-corrected chi connectivity index (χ1v) is 10.1. The first kappa shape index (κ1) is 16.4. The van der Waals surface area contributed by atoms with E-state index in [0.717, 1.165) is 30.4 Å². The number of carbonyl (C=O) groups excluding carboxylic acids is 1. The van der Waals surface area contributed by atoms with Gasteiger partial charge in [0.25, 0.3) is 5.91 Å². The maximum atomic E-state index is 12.3. The van der Waals surface area contributed by atoms with Crippen LogP contribution in [-0.2, 0) is 17.1 Å². The quantitative estimate of drug-likeness (QED) is 0.872. The molecule has 7 heteroatoms. The number of nitrogens with zero attached hydrogens (tertiary/aromatic N) is 1. The highest BCUT2D eigenvalue weighted by Gasteiger charge is 2.37. The van der Waals surface area contributed by atoms with Crippen LogP contribution in [0.4, 0.5) is 0 Å². The molecule has 0 bridgehead atoms. The molecule has 1 aromatic carbocycles. The number of aryl methyl sites for hydroxylation is 1. The van der Waals surface area contributed by atoms with Crippen LogP contribution in [-0.4, -0.2) is 37.2 Å². The highest BCUT2D eigenvalue weighted by molar-refractivity contribution is 7.91. The van der Waals surface area contributed by atoms with Gasteiger partial charge in [0.1, 0.15) is 0 Å². The summed E-state index contributed by atoms with van der Waals surface area (Å²) in [6.45, 7) is 1.83. The Kier molecular flexibility index (Phi) is 3.92. The molecule has 0 radical (unpaired) electrons. The number of sulfonamides is 1. The van der Waals surface area contributed by atoms with Crippen molar-refractivity contribution < 1.29 is 13.2 Å². The largest absolute Gasteiger partial charge is 0.350 e. The van der Waals surface area contributed by atoms with E-state index in [9.17, 15) is 13.2 Å². The van der Waals surface area contributed by atoms with Crippen molar-refractivity contribution in [3.8, 4) is 0 Å². The third kappa shape index (κ3) is 3.09. The van der Waals surface area contributed by atoms with E-state index in [2.05, 4.69) is 22.3 Å². The van der Waals surface area contributed by atoms with Gasteiger partial charge in [-0.25, -0.2) is 13.1 Å². The Balaban J connectivity index is 1.67. The summed E-state index contributed by atoms with van der Waals surface area (Å²) in [6, 6.07) is 5.37. The van der Waals surface area contributed by atoms with Crippen molar-refractivity contribution in [2.45, 2.75) is 24.5 Å². The lowest BCUT2D eigenvalue weighted by Gasteiger charge is -2.13. The lowest BCUT2D eigenvalue weighted by molar-refractivity contribution is 0.0981. The second-order valence-electron chi connectivity index (χ2n) is 6.74. The lowest BCUT2D eigenvalue weighted by atomic mass is 9.99. The number of hydrogen-bond donors (Lipinski definition) is 2. The molecular weight excluding hydrogens is 338 g/mol. The van der Waals surface area contributed by atoms with E-state index in [1.807, 2.05) is 17.7 Å². The van der Waals surface area contributed by atoms with Crippen molar-refractivity contribution in [1.29, 1.82) is 0 Å². The van der Waals surface area contributed by atoms with Gasteiger partial charge in [0, 0.05) is 41.8 Å². The second-order valence-corrected chi connectivity index (χ2v) is 8.71. The summed E-state index contributed by atoms with van der Waals surface area (Å²) in [6.07, 6.45) is 6.51. The third-order valence-corrected chi connectivity index (χ3v) is 6.68. The van der Waals surface area contributed by atoms with E-state index in [1.54, 1.807) is 12.1 Å². The Labute approximate surface area is 147 Å². The van der Waals surface area contributed by atoms with Gasteiger partial charge in [0.2, 0.25) is 10.0 Å². The van der Waals surface area contributed by atoms with Crippen molar-refractivity contribution in [2.75, 3.05) is 13.1 Å². The molecule has 2 aliphatic rings. The topological polar surface area (TPSA) is 80.2 Å². The standard InChI is InChI=1S/C18H21N3O3S/c1-21-11-16(12-6-8-19-9-7-12)15-5-2-13(10-17(15)21)18(22)20-25(23,24)14-3-4-14/h2,5-6,10-11,14,19H,3-4,7-9H2,1H3,(H,20,22). The molecule has 2 aromatic rings. The molecule has 4 rings (SSSR count). The van der Waals surface area contributed by atoms with Crippen LogP contribution in [0.1, 0.15) is 35.2 Å². The van der Waals surface area contributed by atoms with E-state index >= 15 is 0 Å². The molecule has 1 saturated carbocycles. The van der Waals surface area contributed by atoms with Crippen molar-refractivity contribution >= 4 is 32.4 Å². The molecule has 0 saturated heterocycles. The van der Waals surface area contributed by atoms with Crippen molar-refractivity contribution in [2.24, 2.45) is 7.05 Å². The predicted molar refractivity (Wildman–Crippen MR) is 97.8 cm³/mol. The molecule has 1 fully saturated rings. The van der Waals surface area contributed by atoms with E-state index in [0.29, 0.717) is 18.4 Å². The van der Waals surface area contributed by atoms with Gasteiger partial charge >= 0.3 is 0 Å². The van der Waals surface area contributed by atoms with Crippen molar-refractivity contribution in [3.63, 3.8) is 0 Å². The van der Waals surface area contributed by atoms with Crippen LogP contribution in [0.15, 0.2) is 30.5 Å². The highest BCUT2D eigenvalue weighted by Crippen LogP contribution is 2.31. The van der Waals surface area contributed by atoms with Crippen molar-refractivity contribution in [1.82, 2.24) is 14.6 Å². The number of nitrogens with one attached hydrogen (secondary N) is 2. The fourth-order valence-corrected chi connectivity index (χ4v) is 4.60. The van der Waals surface area contributed by atoms with Gasteiger partial charge in [-0.05, 0) is 43.5 Å². The molecule has 0 unspecified atom stereocenters. The van der Waals surface area contributed by atoms with Crippen LogP contribution in [0, 0.1) is 0 Å². The summed E-state index contributed by atoms with van der Waals surface area (Å²) in [5.74, 6) is -0.558. The molecule has 0 spiro atoms. The summed E-state index contributed by atoms with van der Waals surface area (Å²) in [5, 5.41) is 3.98. The molecule has 132 valence electrons. The molecular formula is C18H21N3O3S. The fourth-order valence-electron chi connectivity index (χ4n) is 3.30. The molecule has 2 heterocycles. The number of fused-ring (bicyclic) bond motifs is 1. The molecule has 0 atom stereocenters. The van der Waals surface area contributed by atoms with Gasteiger partial charge in [-0.1, -0.05) is 12.1 Å². The summed E-state index contributed by atoms with van der Waals surface area (Å²) in [5.41, 5.74) is 3.77. The van der Waals surface area contributed by atoms with E-state index in [4.69, 9.17) is 0 Å². The Morgan fingerprint density at radius 3 is 2.80 bits per heavy atom. The zero-order valence-corrected chi connectivity index (χ0v) is 14.9. The Bertz CT molecular complexity index is 984. The van der Waals surface area contributed by atoms with E-state index in [-0.39, 0.29) is 0 Å². The minimum Gasteiger partial charge on any atom is -0.350 e. The van der Waals surface area contributed by atoms with Crippen LogP contribution in [0.5, 0.6) is 0 Å². The Morgan fingerprint density at radius 1 is 1.32 bits per heavy atom. The molecule has 6 nitrogen and oxygen atoms in total. The maximum absolute atomic E-state index is 12.3. The van der Waals surface area contributed by atoms with Crippen LogP contribution < -0.4 is 10.0 Å². The van der Waals surface area contributed by atoms with E-state index in [1.165, 1.54) is 11.1 Å². The second kappa shape index (κ2) is 6.00. The van der Waals surface area contributed by atoms with Crippen LogP contribution in [0.2, 0.25) is 0 Å². The molecule has 1 aromatic heterocycles. The van der Waals surface area contributed by atoms with Gasteiger partial charge in [-0.2, -0.15) is 0 Å². The third-order valence-electron chi connectivity index (χ3n) is 4.86. The highest BCUT2D eigenvalue weighted by atomic mass is 32.2. The van der Waals surface area contributed by atoms with Crippen LogP contribution in [0.3, 0.4) is 0 Å². The normalized spacial score (nSPS) is 18.2. The summed E-state index contributed by atoms with van der Waals surface area (Å²) in [4.78, 5) is 12.3.